The Morgan fingerprint density at radius 2 is 2.10 bits per heavy atom. The van der Waals surface area contributed by atoms with E-state index in [0.717, 1.165) is 17.2 Å². The number of fused-ring (bicyclic) bond motifs is 2. The highest BCUT2D eigenvalue weighted by molar-refractivity contribution is 7.15. The number of hydrogen-bond donors (Lipinski definition) is 0. The number of aromatic nitrogens is 4. The van der Waals surface area contributed by atoms with Gasteiger partial charge in [0.15, 0.2) is 16.6 Å². The number of halogens is 1. The minimum absolute atomic E-state index is 0.413. The molecule has 0 aromatic carbocycles. The Morgan fingerprint density at radius 3 is 2.90 bits per heavy atom. The first-order chi connectivity index (χ1) is 9.65. The van der Waals surface area contributed by atoms with Crippen LogP contribution in [0.25, 0.3) is 16.3 Å². The van der Waals surface area contributed by atoms with Gasteiger partial charge in [-0.25, -0.2) is 4.98 Å². The fraction of sp³-hybridized carbons (Fsp3) is 0.357. The molecule has 0 amide bonds. The van der Waals surface area contributed by atoms with Crippen LogP contribution in [0.3, 0.4) is 0 Å². The second-order valence-electron chi connectivity index (χ2n) is 5.17. The zero-order chi connectivity index (χ0) is 13.9. The molecule has 0 spiro atoms. The molecule has 0 aliphatic heterocycles. The molecule has 4 rings (SSSR count). The minimum atomic E-state index is 0.413. The number of rotatable bonds is 1. The Hall–Kier alpha value is -1.46. The van der Waals surface area contributed by atoms with Gasteiger partial charge >= 0.3 is 0 Å². The molecule has 3 aromatic heterocycles. The summed E-state index contributed by atoms with van der Waals surface area (Å²) in [6.07, 6.45) is 3.65. The van der Waals surface area contributed by atoms with E-state index in [1.807, 2.05) is 29.6 Å². The van der Waals surface area contributed by atoms with E-state index >= 15 is 0 Å². The molecular formula is C14H13ClN4S. The van der Waals surface area contributed by atoms with Crippen molar-refractivity contribution in [2.75, 3.05) is 0 Å². The van der Waals surface area contributed by atoms with Crippen molar-refractivity contribution in [2.45, 2.75) is 33.1 Å². The molecule has 102 valence electrons. The molecule has 0 fully saturated rings. The van der Waals surface area contributed by atoms with Gasteiger partial charge in [-0.3, -0.25) is 4.40 Å². The van der Waals surface area contributed by atoms with Gasteiger partial charge < -0.3 is 0 Å². The first-order valence-electron chi connectivity index (χ1n) is 6.65. The molecule has 1 aliphatic carbocycles. The molecule has 3 heterocycles. The standard InChI is InChI=1S/C14H13ClN4S/c1-7-8(2)19-13(17-18-14(19)12(15)16-7)11-6-9-4-3-5-10(9)20-11/h6H,3-5H2,1-2H3. The Balaban J connectivity index is 2.00. The van der Waals surface area contributed by atoms with Gasteiger partial charge in [0.2, 0.25) is 0 Å². The molecule has 1 aliphatic rings. The van der Waals surface area contributed by atoms with Crippen molar-refractivity contribution in [1.82, 2.24) is 19.6 Å². The molecule has 0 N–H and O–H groups in total. The quantitative estimate of drug-likeness (QED) is 0.690. The number of hydrogen-bond acceptors (Lipinski definition) is 4. The average molecular weight is 305 g/mol. The number of aryl methyl sites for hydroxylation is 4. The predicted octanol–water partition coefficient (Wildman–Crippen LogP) is 3.61. The lowest BCUT2D eigenvalue weighted by Crippen LogP contribution is -2.00. The summed E-state index contributed by atoms with van der Waals surface area (Å²) in [5, 5.41) is 8.96. The zero-order valence-corrected chi connectivity index (χ0v) is 12.8. The van der Waals surface area contributed by atoms with E-state index in [9.17, 15) is 0 Å². The van der Waals surface area contributed by atoms with Gasteiger partial charge in [0, 0.05) is 10.6 Å². The fourth-order valence-electron chi connectivity index (χ4n) is 2.77. The van der Waals surface area contributed by atoms with Crippen molar-refractivity contribution < 1.29 is 0 Å². The summed E-state index contributed by atoms with van der Waals surface area (Å²) in [7, 11) is 0. The van der Waals surface area contributed by atoms with E-state index in [2.05, 4.69) is 21.2 Å². The van der Waals surface area contributed by atoms with Gasteiger partial charge in [-0.1, -0.05) is 11.6 Å². The minimum Gasteiger partial charge on any atom is -0.275 e. The summed E-state index contributed by atoms with van der Waals surface area (Å²) in [5.41, 5.74) is 4.06. The molecule has 20 heavy (non-hydrogen) atoms. The molecule has 0 atom stereocenters. The summed E-state index contributed by atoms with van der Waals surface area (Å²) < 4.78 is 2.02. The summed E-state index contributed by atoms with van der Waals surface area (Å²) in [6, 6.07) is 2.26. The predicted molar refractivity (Wildman–Crippen MR) is 80.6 cm³/mol. The Kier molecular flexibility index (Phi) is 2.62. The molecule has 0 saturated heterocycles. The third-order valence-corrected chi connectivity index (χ3v) is 5.43. The smallest absolute Gasteiger partial charge is 0.199 e. The van der Waals surface area contributed by atoms with Gasteiger partial charge in [0.05, 0.1) is 10.6 Å². The van der Waals surface area contributed by atoms with Crippen LogP contribution in [-0.2, 0) is 12.8 Å². The zero-order valence-electron chi connectivity index (χ0n) is 11.3. The molecule has 6 heteroatoms. The van der Waals surface area contributed by atoms with Crippen LogP contribution in [0.2, 0.25) is 5.15 Å². The van der Waals surface area contributed by atoms with Crippen LogP contribution in [0.15, 0.2) is 6.07 Å². The normalized spacial score (nSPS) is 14.2. The highest BCUT2D eigenvalue weighted by Gasteiger charge is 2.20. The lowest BCUT2D eigenvalue weighted by atomic mass is 10.2. The monoisotopic (exact) mass is 304 g/mol. The van der Waals surface area contributed by atoms with Crippen LogP contribution >= 0.6 is 22.9 Å². The van der Waals surface area contributed by atoms with Gasteiger partial charge in [-0.05, 0) is 44.7 Å². The molecule has 0 bridgehead atoms. The van der Waals surface area contributed by atoms with Gasteiger partial charge in [-0.15, -0.1) is 21.5 Å². The first-order valence-corrected chi connectivity index (χ1v) is 7.84. The van der Waals surface area contributed by atoms with E-state index in [1.54, 1.807) is 0 Å². The highest BCUT2D eigenvalue weighted by atomic mass is 35.5. The van der Waals surface area contributed by atoms with Crippen molar-refractivity contribution >= 4 is 28.6 Å². The summed E-state index contributed by atoms with van der Waals surface area (Å²) in [4.78, 5) is 6.97. The van der Waals surface area contributed by atoms with Crippen molar-refractivity contribution in [3.63, 3.8) is 0 Å². The fourth-order valence-corrected chi connectivity index (χ4v) is 4.25. The van der Waals surface area contributed by atoms with Crippen LogP contribution in [0.4, 0.5) is 0 Å². The van der Waals surface area contributed by atoms with Crippen molar-refractivity contribution in [1.29, 1.82) is 0 Å². The molecule has 0 unspecified atom stereocenters. The van der Waals surface area contributed by atoms with E-state index in [0.29, 0.717) is 10.8 Å². The molecule has 0 saturated carbocycles. The second kappa shape index (κ2) is 4.27. The van der Waals surface area contributed by atoms with E-state index in [-0.39, 0.29) is 0 Å². The van der Waals surface area contributed by atoms with Crippen LogP contribution in [-0.4, -0.2) is 19.6 Å². The second-order valence-corrected chi connectivity index (χ2v) is 6.66. The summed E-state index contributed by atoms with van der Waals surface area (Å²) in [5.74, 6) is 0.879. The molecule has 4 nitrogen and oxygen atoms in total. The molecular weight excluding hydrogens is 292 g/mol. The number of thiophene rings is 1. The van der Waals surface area contributed by atoms with E-state index in [1.165, 1.54) is 34.6 Å². The molecule has 0 radical (unpaired) electrons. The maximum atomic E-state index is 6.18. The third kappa shape index (κ3) is 1.63. The average Bonchev–Trinajstić information content (AvgIpc) is 3.08. The summed E-state index contributed by atoms with van der Waals surface area (Å²) >= 11 is 8.01. The van der Waals surface area contributed by atoms with Crippen molar-refractivity contribution in [2.24, 2.45) is 0 Å². The Morgan fingerprint density at radius 1 is 1.25 bits per heavy atom. The lowest BCUT2D eigenvalue weighted by molar-refractivity contribution is 0.914. The van der Waals surface area contributed by atoms with Crippen molar-refractivity contribution in [3.05, 3.63) is 33.0 Å². The first kappa shape index (κ1) is 12.3. The van der Waals surface area contributed by atoms with Gasteiger partial charge in [0.25, 0.3) is 0 Å². The van der Waals surface area contributed by atoms with Crippen molar-refractivity contribution in [3.8, 4) is 10.7 Å². The van der Waals surface area contributed by atoms with Crippen LogP contribution in [0, 0.1) is 13.8 Å². The van der Waals surface area contributed by atoms with Gasteiger partial charge in [0.1, 0.15) is 0 Å². The SMILES string of the molecule is Cc1nc(Cl)c2nnc(-c3cc4c(s3)CCC4)n2c1C. The summed E-state index contributed by atoms with van der Waals surface area (Å²) in [6.45, 7) is 3.98. The largest absolute Gasteiger partial charge is 0.275 e. The molecule has 3 aromatic rings. The van der Waals surface area contributed by atoms with Crippen LogP contribution in [0.5, 0.6) is 0 Å². The van der Waals surface area contributed by atoms with Crippen LogP contribution < -0.4 is 0 Å². The maximum Gasteiger partial charge on any atom is 0.199 e. The Bertz CT molecular complexity index is 812. The van der Waals surface area contributed by atoms with Gasteiger partial charge in [-0.2, -0.15) is 0 Å². The number of nitrogens with zero attached hydrogens (tertiary/aromatic N) is 4. The van der Waals surface area contributed by atoms with E-state index in [4.69, 9.17) is 11.6 Å². The van der Waals surface area contributed by atoms with E-state index < -0.39 is 0 Å². The Labute approximate surface area is 125 Å². The van der Waals surface area contributed by atoms with Crippen LogP contribution in [0.1, 0.15) is 28.2 Å². The third-order valence-electron chi connectivity index (χ3n) is 3.94. The maximum absolute atomic E-state index is 6.18. The topological polar surface area (TPSA) is 43.1 Å². The lowest BCUT2D eigenvalue weighted by Gasteiger charge is -2.06. The highest BCUT2D eigenvalue weighted by Crippen LogP contribution is 2.36.